The molecule has 4 rings (SSSR count). The maximum absolute atomic E-state index is 12.3. The highest BCUT2D eigenvalue weighted by Gasteiger charge is 2.14. The maximum atomic E-state index is 12.3. The van der Waals surface area contributed by atoms with Gasteiger partial charge in [-0.25, -0.2) is 14.8 Å². The van der Waals surface area contributed by atoms with Crippen LogP contribution in [-0.2, 0) is 6.42 Å². The predicted octanol–water partition coefficient (Wildman–Crippen LogP) is 4.45. The molecule has 2 N–H and O–H groups in total. The summed E-state index contributed by atoms with van der Waals surface area (Å²) in [5, 5.41) is 6.12. The van der Waals surface area contributed by atoms with E-state index in [1.165, 1.54) is 7.11 Å². The number of halogens is 1. The van der Waals surface area contributed by atoms with E-state index in [-0.39, 0.29) is 6.03 Å². The van der Waals surface area contributed by atoms with Crippen molar-refractivity contribution in [2.24, 2.45) is 0 Å². The van der Waals surface area contributed by atoms with E-state index in [9.17, 15) is 4.79 Å². The van der Waals surface area contributed by atoms with Crippen molar-refractivity contribution < 1.29 is 9.53 Å². The Morgan fingerprint density at radius 3 is 2.77 bits per heavy atom. The number of carbonyl (C=O) groups excluding carboxylic acids is 1. The molecule has 0 saturated heterocycles. The molecule has 0 saturated carbocycles. The first-order chi connectivity index (χ1) is 14.7. The topological polar surface area (TPSA) is 81.1 Å². The summed E-state index contributed by atoms with van der Waals surface area (Å²) in [4.78, 5) is 21.5. The van der Waals surface area contributed by atoms with E-state index >= 15 is 0 Å². The summed E-state index contributed by atoms with van der Waals surface area (Å²) in [6.07, 6.45) is 2.28. The van der Waals surface area contributed by atoms with Crippen LogP contribution in [0.1, 0.15) is 5.82 Å². The Bertz CT molecular complexity index is 1180. The number of amides is 2. The van der Waals surface area contributed by atoms with Gasteiger partial charge in [-0.15, -0.1) is 0 Å². The zero-order valence-corrected chi connectivity index (χ0v) is 17.1. The Morgan fingerprint density at radius 1 is 1.13 bits per heavy atom. The third-order valence-corrected chi connectivity index (χ3v) is 4.78. The molecule has 0 bridgehead atoms. The molecule has 0 fully saturated rings. The van der Waals surface area contributed by atoms with Crippen molar-refractivity contribution in [3.63, 3.8) is 0 Å². The largest absolute Gasteiger partial charge is 0.495 e. The van der Waals surface area contributed by atoms with E-state index in [1.807, 2.05) is 47.0 Å². The Morgan fingerprint density at radius 2 is 1.97 bits per heavy atom. The van der Waals surface area contributed by atoms with E-state index in [0.29, 0.717) is 29.4 Å². The molecular weight excluding hydrogens is 402 g/mol. The number of imidazole rings is 1. The molecule has 0 aliphatic carbocycles. The number of rotatable bonds is 6. The molecule has 152 valence electrons. The number of carbonyl (C=O) groups is 1. The van der Waals surface area contributed by atoms with Gasteiger partial charge in [0.2, 0.25) is 0 Å². The van der Waals surface area contributed by atoms with Crippen LogP contribution in [0, 0.1) is 0 Å². The minimum absolute atomic E-state index is 0.351. The van der Waals surface area contributed by atoms with Gasteiger partial charge in [-0.3, -0.25) is 4.57 Å². The fourth-order valence-corrected chi connectivity index (χ4v) is 3.38. The number of anilines is 1. The van der Waals surface area contributed by atoms with Gasteiger partial charge in [-0.2, -0.15) is 0 Å². The lowest BCUT2D eigenvalue weighted by molar-refractivity contribution is 0.252. The molecule has 0 unspecified atom stereocenters. The summed E-state index contributed by atoms with van der Waals surface area (Å²) in [7, 11) is 1.54. The average molecular weight is 422 g/mol. The molecule has 4 aromatic rings. The molecule has 2 aromatic heterocycles. The number of pyridine rings is 1. The Kier molecular flexibility index (Phi) is 5.81. The number of ether oxygens (including phenoxy) is 1. The highest BCUT2D eigenvalue weighted by Crippen LogP contribution is 2.27. The highest BCUT2D eigenvalue weighted by molar-refractivity contribution is 6.31. The van der Waals surface area contributed by atoms with Gasteiger partial charge >= 0.3 is 6.03 Å². The first-order valence-electron chi connectivity index (χ1n) is 9.42. The molecule has 2 heterocycles. The van der Waals surface area contributed by atoms with Crippen LogP contribution in [0.25, 0.3) is 16.9 Å². The fourth-order valence-electron chi connectivity index (χ4n) is 3.21. The average Bonchev–Trinajstić information content (AvgIpc) is 3.13. The lowest BCUT2D eigenvalue weighted by Crippen LogP contribution is -2.31. The lowest BCUT2D eigenvalue weighted by atomic mass is 10.3. The highest BCUT2D eigenvalue weighted by atomic mass is 35.5. The third kappa shape index (κ3) is 4.21. The van der Waals surface area contributed by atoms with Gasteiger partial charge in [0.05, 0.1) is 12.8 Å². The summed E-state index contributed by atoms with van der Waals surface area (Å²) in [6, 6.07) is 18.4. The molecule has 0 aliphatic rings. The summed E-state index contributed by atoms with van der Waals surface area (Å²) in [6.45, 7) is 0.394. The van der Waals surface area contributed by atoms with E-state index in [1.54, 1.807) is 24.4 Å². The van der Waals surface area contributed by atoms with Crippen molar-refractivity contribution in [3.8, 4) is 11.4 Å². The number of methoxy groups -OCH3 is 1. The van der Waals surface area contributed by atoms with Crippen molar-refractivity contribution >= 4 is 34.5 Å². The lowest BCUT2D eigenvalue weighted by Gasteiger charge is -2.12. The number of hydrogen-bond donors (Lipinski definition) is 2. The van der Waals surface area contributed by atoms with Gasteiger partial charge in [-0.1, -0.05) is 29.8 Å². The molecule has 0 spiro atoms. The number of urea groups is 1. The first kappa shape index (κ1) is 19.7. The molecule has 2 aromatic carbocycles. The number of fused-ring (bicyclic) bond motifs is 1. The smallest absolute Gasteiger partial charge is 0.319 e. The van der Waals surface area contributed by atoms with Gasteiger partial charge in [0, 0.05) is 29.9 Å². The SMILES string of the molecule is COc1ccc(Cl)cc1NC(=O)NCCc1nc2cccnc2n1-c1ccccc1. The minimum Gasteiger partial charge on any atom is -0.495 e. The fraction of sp³-hybridized carbons (Fsp3) is 0.136. The van der Waals surface area contributed by atoms with Crippen LogP contribution in [-0.4, -0.2) is 34.2 Å². The van der Waals surface area contributed by atoms with Gasteiger partial charge in [0.25, 0.3) is 0 Å². The molecule has 30 heavy (non-hydrogen) atoms. The van der Waals surface area contributed by atoms with Crippen LogP contribution in [0.5, 0.6) is 5.75 Å². The van der Waals surface area contributed by atoms with E-state index in [4.69, 9.17) is 21.3 Å². The summed E-state index contributed by atoms with van der Waals surface area (Å²) in [5.41, 5.74) is 3.07. The monoisotopic (exact) mass is 421 g/mol. The third-order valence-electron chi connectivity index (χ3n) is 4.54. The quantitative estimate of drug-likeness (QED) is 0.482. The van der Waals surface area contributed by atoms with Crippen molar-refractivity contribution in [1.82, 2.24) is 19.9 Å². The number of nitrogens with one attached hydrogen (secondary N) is 2. The number of hydrogen-bond acceptors (Lipinski definition) is 4. The molecular formula is C22H20ClN5O2. The molecule has 7 nitrogen and oxygen atoms in total. The molecule has 2 amide bonds. The van der Waals surface area contributed by atoms with Crippen molar-refractivity contribution in [3.05, 3.63) is 77.7 Å². The van der Waals surface area contributed by atoms with Gasteiger partial charge < -0.3 is 15.4 Å². The van der Waals surface area contributed by atoms with Crippen molar-refractivity contribution in [1.29, 1.82) is 0 Å². The molecule has 0 atom stereocenters. The van der Waals surface area contributed by atoms with Crippen LogP contribution < -0.4 is 15.4 Å². The van der Waals surface area contributed by atoms with Gasteiger partial charge in [0.15, 0.2) is 5.65 Å². The first-order valence-corrected chi connectivity index (χ1v) is 9.79. The zero-order chi connectivity index (χ0) is 20.9. The summed E-state index contributed by atoms with van der Waals surface area (Å²) < 4.78 is 7.26. The van der Waals surface area contributed by atoms with Crippen molar-refractivity contribution in [2.45, 2.75) is 6.42 Å². The normalized spacial score (nSPS) is 10.7. The van der Waals surface area contributed by atoms with Crippen LogP contribution in [0.4, 0.5) is 10.5 Å². The maximum Gasteiger partial charge on any atom is 0.319 e. The van der Waals surface area contributed by atoms with E-state index in [0.717, 1.165) is 22.7 Å². The van der Waals surface area contributed by atoms with Gasteiger partial charge in [-0.05, 0) is 42.5 Å². The predicted molar refractivity (Wildman–Crippen MR) is 118 cm³/mol. The van der Waals surface area contributed by atoms with Crippen LogP contribution in [0.15, 0.2) is 66.9 Å². The Labute approximate surface area is 178 Å². The second-order valence-electron chi connectivity index (χ2n) is 6.52. The molecule has 0 radical (unpaired) electrons. The van der Waals surface area contributed by atoms with E-state index < -0.39 is 0 Å². The molecule has 0 aliphatic heterocycles. The minimum atomic E-state index is -0.351. The van der Waals surface area contributed by atoms with Crippen LogP contribution in [0.3, 0.4) is 0 Å². The van der Waals surface area contributed by atoms with Crippen molar-refractivity contribution in [2.75, 3.05) is 19.0 Å². The second-order valence-corrected chi connectivity index (χ2v) is 6.96. The Hall–Kier alpha value is -3.58. The standard InChI is InChI=1S/C22H20ClN5O2/c1-30-19-10-9-15(23)14-18(19)27-22(29)25-13-11-20-26-17-8-5-12-24-21(17)28(20)16-6-3-2-4-7-16/h2-10,12,14H,11,13H2,1H3,(H2,25,27,29). The van der Waals surface area contributed by atoms with Gasteiger partial charge in [0.1, 0.15) is 17.1 Å². The summed E-state index contributed by atoms with van der Waals surface area (Å²) in [5.74, 6) is 1.35. The van der Waals surface area contributed by atoms with E-state index in [2.05, 4.69) is 15.6 Å². The zero-order valence-electron chi connectivity index (χ0n) is 16.3. The van der Waals surface area contributed by atoms with Crippen LogP contribution in [0.2, 0.25) is 5.02 Å². The molecule has 8 heteroatoms. The second kappa shape index (κ2) is 8.84. The number of benzene rings is 2. The Balaban J connectivity index is 1.48. The number of para-hydroxylation sites is 1. The van der Waals surface area contributed by atoms with Crippen LogP contribution >= 0.6 is 11.6 Å². The number of aromatic nitrogens is 3. The number of nitrogens with zero attached hydrogens (tertiary/aromatic N) is 3. The summed E-state index contributed by atoms with van der Waals surface area (Å²) >= 11 is 6.01.